The van der Waals surface area contributed by atoms with Gasteiger partial charge < -0.3 is 20.5 Å². The molecular formula is C34H32F6N6O2S. The van der Waals surface area contributed by atoms with Gasteiger partial charge in [0.2, 0.25) is 0 Å². The van der Waals surface area contributed by atoms with E-state index in [4.69, 9.17) is 10.5 Å². The Morgan fingerprint density at radius 2 is 1.90 bits per heavy atom. The predicted molar refractivity (Wildman–Crippen MR) is 172 cm³/mol. The lowest BCUT2D eigenvalue weighted by molar-refractivity contribution is -0.137. The van der Waals surface area contributed by atoms with E-state index in [0.717, 1.165) is 31.0 Å². The zero-order valence-electron chi connectivity index (χ0n) is 26.2. The Bertz CT molecular complexity index is 2040. The van der Waals surface area contributed by atoms with Gasteiger partial charge in [-0.2, -0.15) is 28.4 Å². The lowest BCUT2D eigenvalue weighted by atomic mass is 9.62. The summed E-state index contributed by atoms with van der Waals surface area (Å²) >= 11 is 0.694. The summed E-state index contributed by atoms with van der Waals surface area (Å²) in [5, 5.41) is 19.4. The first-order valence-corrected chi connectivity index (χ1v) is 17.1. The van der Waals surface area contributed by atoms with E-state index in [-0.39, 0.29) is 68.4 Å². The van der Waals surface area contributed by atoms with Crippen LogP contribution >= 0.6 is 11.3 Å². The van der Waals surface area contributed by atoms with Crippen LogP contribution in [0.2, 0.25) is 0 Å². The molecule has 49 heavy (non-hydrogen) atoms. The van der Waals surface area contributed by atoms with Gasteiger partial charge in [-0.25, -0.2) is 13.2 Å². The molecule has 3 N–H and O–H groups in total. The number of anilines is 2. The molecule has 4 aromatic rings. The molecule has 258 valence electrons. The maximum Gasteiger partial charge on any atom is 0.417 e. The van der Waals surface area contributed by atoms with Crippen molar-refractivity contribution in [3.05, 3.63) is 41.0 Å². The van der Waals surface area contributed by atoms with Gasteiger partial charge in [-0.15, -0.1) is 11.3 Å². The molecule has 2 aromatic carbocycles. The van der Waals surface area contributed by atoms with E-state index < -0.39 is 52.3 Å². The van der Waals surface area contributed by atoms with Gasteiger partial charge in [-0.05, 0) is 68.2 Å². The number of ether oxygens (including phenoxy) is 1. The summed E-state index contributed by atoms with van der Waals surface area (Å²) < 4.78 is 97.4. The number of nitriles is 1. The minimum atomic E-state index is -5.08. The number of nitrogens with two attached hydrogens (primary N) is 1. The Hall–Kier alpha value is -3.87. The molecule has 1 saturated carbocycles. The summed E-state index contributed by atoms with van der Waals surface area (Å²) in [6, 6.07) is 4.32. The van der Waals surface area contributed by atoms with Crippen molar-refractivity contribution in [3.8, 4) is 23.2 Å². The number of rotatable bonds is 5. The number of aliphatic hydroxyl groups is 1. The SMILES string of the molecule is N#Cc1c(N)sc2c(F)ccc(-c3c(C(F)(F)F)cc4c(N5CCCC6(CC(O)C6)C5)nc(OCC56CCCN5CC(F)C6)nc4c3F)c12. The highest BCUT2D eigenvalue weighted by Gasteiger charge is 2.50. The number of alkyl halides is 4. The molecule has 8 nitrogen and oxygen atoms in total. The smallest absolute Gasteiger partial charge is 0.417 e. The van der Waals surface area contributed by atoms with Gasteiger partial charge in [0.05, 0.1) is 27.5 Å². The summed E-state index contributed by atoms with van der Waals surface area (Å²) in [4.78, 5) is 12.8. The van der Waals surface area contributed by atoms with Crippen molar-refractivity contribution >= 4 is 43.1 Å². The number of hydrogen-bond acceptors (Lipinski definition) is 9. The van der Waals surface area contributed by atoms with Gasteiger partial charge in [-0.1, -0.05) is 6.07 Å². The molecule has 1 spiro atoms. The molecule has 2 aromatic heterocycles. The number of hydrogen-bond donors (Lipinski definition) is 2. The van der Waals surface area contributed by atoms with E-state index in [2.05, 4.69) is 9.97 Å². The average molecular weight is 703 g/mol. The highest BCUT2D eigenvalue weighted by molar-refractivity contribution is 7.23. The second-order valence-electron chi connectivity index (χ2n) is 14.0. The molecule has 8 rings (SSSR count). The van der Waals surface area contributed by atoms with Gasteiger partial charge in [0.15, 0.2) is 5.82 Å². The first-order valence-electron chi connectivity index (χ1n) is 16.3. The number of aromatic nitrogens is 2. The van der Waals surface area contributed by atoms with Crippen molar-refractivity contribution in [1.29, 1.82) is 5.26 Å². The van der Waals surface area contributed by atoms with E-state index in [0.29, 0.717) is 56.7 Å². The standard InChI is InChI=1S/C34H32F6N6O2S/c35-17-10-33(6-2-8-46(33)14-17)16-48-31-43-27-20(30(44-31)45-7-1-5-32(15-45)11-18(47)12-32)9-22(34(38,39)40)25(26(27)37)19-3-4-23(36)28-24(19)21(13-41)29(42)49-28/h3-4,9,17-18,47H,1-2,5-8,10-12,14-16,42H2. The van der Waals surface area contributed by atoms with Crippen LogP contribution in [0.25, 0.3) is 32.1 Å². The second-order valence-corrected chi connectivity index (χ2v) is 15.1. The third-order valence-electron chi connectivity index (χ3n) is 10.9. The minimum absolute atomic E-state index is 0.0158. The maximum absolute atomic E-state index is 17.1. The molecule has 1 aliphatic carbocycles. The van der Waals surface area contributed by atoms with Gasteiger partial charge in [0, 0.05) is 42.4 Å². The Morgan fingerprint density at radius 3 is 2.63 bits per heavy atom. The number of aliphatic hydroxyl groups excluding tert-OH is 1. The van der Waals surface area contributed by atoms with Gasteiger partial charge in [0.1, 0.15) is 41.0 Å². The Balaban J connectivity index is 1.34. The topological polar surface area (TPSA) is 112 Å². The summed E-state index contributed by atoms with van der Waals surface area (Å²) in [6.07, 6.45) is -2.20. The Morgan fingerprint density at radius 1 is 1.12 bits per heavy atom. The maximum atomic E-state index is 17.1. The lowest BCUT2D eigenvalue weighted by Crippen LogP contribution is -2.52. The zero-order chi connectivity index (χ0) is 34.5. The molecule has 2 unspecified atom stereocenters. The predicted octanol–water partition coefficient (Wildman–Crippen LogP) is 6.96. The van der Waals surface area contributed by atoms with Crippen LogP contribution in [0.4, 0.5) is 37.2 Å². The summed E-state index contributed by atoms with van der Waals surface area (Å²) in [5.41, 5.74) is 1.83. The van der Waals surface area contributed by atoms with Crippen molar-refractivity contribution in [1.82, 2.24) is 14.9 Å². The summed E-state index contributed by atoms with van der Waals surface area (Å²) in [5.74, 6) is -2.08. The highest BCUT2D eigenvalue weighted by Crippen LogP contribution is 2.51. The first-order chi connectivity index (χ1) is 23.3. The molecule has 0 radical (unpaired) electrons. The number of nitrogen functional groups attached to an aromatic ring is 1. The summed E-state index contributed by atoms with van der Waals surface area (Å²) in [6.45, 7) is 1.81. The Kier molecular flexibility index (Phi) is 7.48. The molecule has 2 atom stereocenters. The second kappa shape index (κ2) is 11.3. The number of thiophene rings is 1. The fourth-order valence-corrected chi connectivity index (χ4v) is 9.75. The number of nitrogens with zero attached hydrogens (tertiary/aromatic N) is 5. The Labute approximate surface area is 281 Å². The van der Waals surface area contributed by atoms with Gasteiger partial charge in [-0.3, -0.25) is 4.90 Å². The molecule has 3 saturated heterocycles. The van der Waals surface area contributed by atoms with Crippen molar-refractivity contribution in [2.45, 2.75) is 68.9 Å². The van der Waals surface area contributed by atoms with Crippen molar-refractivity contribution in [2.24, 2.45) is 5.41 Å². The number of halogens is 6. The van der Waals surface area contributed by atoms with E-state index in [1.165, 1.54) is 0 Å². The summed E-state index contributed by atoms with van der Waals surface area (Å²) in [7, 11) is 0. The molecule has 15 heteroatoms. The van der Waals surface area contributed by atoms with Crippen LogP contribution < -0.4 is 15.4 Å². The number of piperidine rings is 1. The molecule has 4 aliphatic rings. The fourth-order valence-electron chi connectivity index (χ4n) is 8.80. The van der Waals surface area contributed by atoms with Crippen LogP contribution in [0.5, 0.6) is 6.01 Å². The fraction of sp³-hybridized carbons (Fsp3) is 0.500. The minimum Gasteiger partial charge on any atom is -0.461 e. The third kappa shape index (κ3) is 5.17. The molecule has 5 heterocycles. The highest BCUT2D eigenvalue weighted by atomic mass is 32.1. The van der Waals surface area contributed by atoms with Crippen LogP contribution in [-0.2, 0) is 6.18 Å². The lowest BCUT2D eigenvalue weighted by Gasteiger charge is -2.51. The normalized spacial score (nSPS) is 27.2. The van der Waals surface area contributed by atoms with E-state index in [1.807, 2.05) is 15.9 Å². The molecule has 0 bridgehead atoms. The van der Waals surface area contributed by atoms with Crippen LogP contribution in [0, 0.1) is 28.4 Å². The average Bonchev–Trinajstić information content (AvgIpc) is 3.68. The van der Waals surface area contributed by atoms with Crippen molar-refractivity contribution in [2.75, 3.05) is 43.4 Å². The van der Waals surface area contributed by atoms with Gasteiger partial charge >= 0.3 is 12.2 Å². The monoisotopic (exact) mass is 702 g/mol. The van der Waals surface area contributed by atoms with Crippen LogP contribution in [0.1, 0.15) is 56.1 Å². The zero-order valence-corrected chi connectivity index (χ0v) is 27.0. The number of benzene rings is 2. The van der Waals surface area contributed by atoms with E-state index in [1.54, 1.807) is 0 Å². The third-order valence-corrected chi connectivity index (χ3v) is 12.0. The first kappa shape index (κ1) is 32.3. The van der Waals surface area contributed by atoms with Crippen LogP contribution in [0.15, 0.2) is 18.2 Å². The quantitative estimate of drug-likeness (QED) is 0.215. The van der Waals surface area contributed by atoms with E-state index in [9.17, 15) is 32.3 Å². The molecule has 4 fully saturated rings. The number of fused-ring (bicyclic) bond motifs is 3. The molecule has 3 aliphatic heterocycles. The van der Waals surface area contributed by atoms with Crippen molar-refractivity contribution in [3.63, 3.8) is 0 Å². The largest absolute Gasteiger partial charge is 0.461 e. The molecular weight excluding hydrogens is 670 g/mol. The van der Waals surface area contributed by atoms with Crippen LogP contribution in [-0.4, -0.2) is 70.6 Å². The molecule has 0 amide bonds. The van der Waals surface area contributed by atoms with Crippen LogP contribution in [0.3, 0.4) is 0 Å². The van der Waals surface area contributed by atoms with Crippen molar-refractivity contribution < 1.29 is 36.2 Å². The van der Waals surface area contributed by atoms with Gasteiger partial charge in [0.25, 0.3) is 0 Å². The van der Waals surface area contributed by atoms with E-state index >= 15 is 4.39 Å².